The Bertz CT molecular complexity index is 604. The quantitative estimate of drug-likeness (QED) is 0.754. The molecule has 0 amide bonds. The van der Waals surface area contributed by atoms with Crippen molar-refractivity contribution >= 4 is 33.3 Å². The Kier molecular flexibility index (Phi) is 5.53. The number of rotatable bonds is 5. The SMILES string of the molecule is CCC(Nc1ncnc(C(C)F)c1Cl)c1ccc(Br)cc1. The van der Waals surface area contributed by atoms with E-state index in [9.17, 15) is 4.39 Å². The third-order valence-electron chi connectivity index (χ3n) is 3.18. The minimum atomic E-state index is -1.23. The molecule has 0 saturated heterocycles. The normalized spacial score (nSPS) is 13.8. The van der Waals surface area contributed by atoms with E-state index in [1.165, 1.54) is 13.3 Å². The second-order valence-electron chi connectivity index (χ2n) is 4.69. The van der Waals surface area contributed by atoms with Crippen molar-refractivity contribution in [2.24, 2.45) is 0 Å². The topological polar surface area (TPSA) is 37.8 Å². The maximum atomic E-state index is 13.5. The number of nitrogens with zero attached hydrogens (tertiary/aromatic N) is 2. The highest BCUT2D eigenvalue weighted by Crippen LogP contribution is 2.31. The van der Waals surface area contributed by atoms with Crippen molar-refractivity contribution in [1.82, 2.24) is 9.97 Å². The van der Waals surface area contributed by atoms with Gasteiger partial charge >= 0.3 is 0 Å². The summed E-state index contributed by atoms with van der Waals surface area (Å²) >= 11 is 9.60. The monoisotopic (exact) mass is 371 g/mol. The molecule has 0 fully saturated rings. The number of alkyl halides is 1. The Labute approximate surface area is 137 Å². The summed E-state index contributed by atoms with van der Waals surface area (Å²) < 4.78 is 14.5. The van der Waals surface area contributed by atoms with Gasteiger partial charge in [-0.15, -0.1) is 0 Å². The fourth-order valence-electron chi connectivity index (χ4n) is 2.04. The number of hydrogen-bond acceptors (Lipinski definition) is 3. The number of aromatic nitrogens is 2. The summed E-state index contributed by atoms with van der Waals surface area (Å²) in [5.41, 5.74) is 1.32. The number of anilines is 1. The van der Waals surface area contributed by atoms with Crippen LogP contribution in [0, 0.1) is 0 Å². The molecule has 0 radical (unpaired) electrons. The summed E-state index contributed by atoms with van der Waals surface area (Å²) in [5.74, 6) is 0.459. The Balaban J connectivity index is 2.27. The molecule has 1 aromatic heterocycles. The third-order valence-corrected chi connectivity index (χ3v) is 4.09. The Morgan fingerprint density at radius 1 is 1.29 bits per heavy atom. The molecule has 3 nitrogen and oxygen atoms in total. The van der Waals surface area contributed by atoms with Gasteiger partial charge in [-0.1, -0.05) is 46.6 Å². The molecule has 2 rings (SSSR count). The predicted octanol–water partition coefficient (Wildman–Crippen LogP) is 5.49. The van der Waals surface area contributed by atoms with Crippen molar-refractivity contribution in [3.05, 3.63) is 51.3 Å². The summed E-state index contributed by atoms with van der Waals surface area (Å²) in [6, 6.07) is 8.07. The molecule has 1 N–H and O–H groups in total. The van der Waals surface area contributed by atoms with Crippen molar-refractivity contribution in [2.75, 3.05) is 5.32 Å². The summed E-state index contributed by atoms with van der Waals surface area (Å²) in [5, 5.41) is 3.50. The summed E-state index contributed by atoms with van der Waals surface area (Å²) in [7, 11) is 0. The van der Waals surface area contributed by atoms with Gasteiger partial charge in [-0.05, 0) is 31.0 Å². The van der Waals surface area contributed by atoms with Crippen LogP contribution in [0.5, 0.6) is 0 Å². The van der Waals surface area contributed by atoms with E-state index in [1.807, 2.05) is 24.3 Å². The summed E-state index contributed by atoms with van der Waals surface area (Å²) in [6.07, 6.45) is 0.949. The van der Waals surface area contributed by atoms with Crippen LogP contribution in [0.1, 0.15) is 43.7 Å². The molecule has 2 aromatic rings. The highest BCUT2D eigenvalue weighted by molar-refractivity contribution is 9.10. The second-order valence-corrected chi connectivity index (χ2v) is 5.99. The zero-order chi connectivity index (χ0) is 15.4. The molecule has 2 unspecified atom stereocenters. The third kappa shape index (κ3) is 3.92. The summed E-state index contributed by atoms with van der Waals surface area (Å²) in [4.78, 5) is 8.01. The van der Waals surface area contributed by atoms with E-state index in [0.717, 1.165) is 16.5 Å². The molecule has 1 aromatic carbocycles. The van der Waals surface area contributed by atoms with E-state index in [1.54, 1.807) is 0 Å². The molecular formula is C15H16BrClFN3. The first-order valence-corrected chi connectivity index (χ1v) is 7.86. The lowest BCUT2D eigenvalue weighted by molar-refractivity contribution is 0.365. The maximum Gasteiger partial charge on any atom is 0.149 e. The van der Waals surface area contributed by atoms with Crippen molar-refractivity contribution in [1.29, 1.82) is 0 Å². The Morgan fingerprint density at radius 3 is 2.52 bits per heavy atom. The van der Waals surface area contributed by atoms with E-state index < -0.39 is 6.17 Å². The van der Waals surface area contributed by atoms with Gasteiger partial charge in [0.1, 0.15) is 23.3 Å². The lowest BCUT2D eigenvalue weighted by Gasteiger charge is -2.19. The minimum Gasteiger partial charge on any atom is -0.362 e. The van der Waals surface area contributed by atoms with Gasteiger partial charge in [-0.3, -0.25) is 0 Å². The zero-order valence-electron chi connectivity index (χ0n) is 11.8. The van der Waals surface area contributed by atoms with Crippen LogP contribution < -0.4 is 5.32 Å². The predicted molar refractivity (Wildman–Crippen MR) is 87.4 cm³/mol. The highest BCUT2D eigenvalue weighted by Gasteiger charge is 2.17. The van der Waals surface area contributed by atoms with Crippen molar-refractivity contribution < 1.29 is 4.39 Å². The van der Waals surface area contributed by atoms with E-state index in [-0.39, 0.29) is 16.8 Å². The molecule has 1 heterocycles. The minimum absolute atomic E-state index is 0.0493. The van der Waals surface area contributed by atoms with Gasteiger partial charge in [-0.2, -0.15) is 0 Å². The van der Waals surface area contributed by atoms with E-state index in [2.05, 4.69) is 38.1 Å². The summed E-state index contributed by atoms with van der Waals surface area (Å²) in [6.45, 7) is 3.47. The smallest absolute Gasteiger partial charge is 0.149 e. The number of hydrogen-bond donors (Lipinski definition) is 1. The van der Waals surface area contributed by atoms with Crippen LogP contribution in [0.15, 0.2) is 35.1 Å². The molecule has 0 saturated carbocycles. The molecule has 0 bridgehead atoms. The molecule has 2 atom stereocenters. The average molecular weight is 373 g/mol. The number of benzene rings is 1. The molecule has 0 aliphatic carbocycles. The molecule has 0 aliphatic heterocycles. The Morgan fingerprint density at radius 2 is 1.95 bits per heavy atom. The maximum absolute atomic E-state index is 13.5. The van der Waals surface area contributed by atoms with Crippen molar-refractivity contribution in [2.45, 2.75) is 32.5 Å². The van der Waals surface area contributed by atoms with Crippen LogP contribution in [0.25, 0.3) is 0 Å². The lowest BCUT2D eigenvalue weighted by atomic mass is 10.0. The van der Waals surface area contributed by atoms with Crippen LogP contribution in [-0.2, 0) is 0 Å². The molecule has 21 heavy (non-hydrogen) atoms. The fourth-order valence-corrected chi connectivity index (χ4v) is 2.61. The van der Waals surface area contributed by atoms with E-state index in [4.69, 9.17) is 11.6 Å². The van der Waals surface area contributed by atoms with Crippen LogP contribution in [0.4, 0.5) is 10.2 Å². The van der Waals surface area contributed by atoms with Crippen LogP contribution >= 0.6 is 27.5 Å². The lowest BCUT2D eigenvalue weighted by Crippen LogP contribution is -2.12. The fraction of sp³-hybridized carbons (Fsp3) is 0.333. The van der Waals surface area contributed by atoms with Crippen molar-refractivity contribution in [3.8, 4) is 0 Å². The second kappa shape index (κ2) is 7.18. The molecule has 112 valence electrons. The van der Waals surface area contributed by atoms with Gasteiger partial charge in [0.15, 0.2) is 0 Å². The Hall–Kier alpha value is -1.20. The van der Waals surface area contributed by atoms with E-state index >= 15 is 0 Å². The van der Waals surface area contributed by atoms with Gasteiger partial charge in [0, 0.05) is 4.47 Å². The molecular weight excluding hydrogens is 357 g/mol. The standard InChI is InChI=1S/C15H16BrClFN3/c1-3-12(10-4-6-11(16)7-5-10)21-15-13(17)14(9(2)18)19-8-20-15/h4-9,12H,3H2,1-2H3,(H,19,20,21). The number of halogens is 3. The van der Waals surface area contributed by atoms with E-state index in [0.29, 0.717) is 5.82 Å². The van der Waals surface area contributed by atoms with Crippen LogP contribution in [0.2, 0.25) is 5.02 Å². The zero-order valence-corrected chi connectivity index (χ0v) is 14.1. The molecule has 0 aliphatic rings. The highest BCUT2D eigenvalue weighted by atomic mass is 79.9. The molecule has 6 heteroatoms. The first-order chi connectivity index (χ1) is 10.0. The largest absolute Gasteiger partial charge is 0.362 e. The van der Waals surface area contributed by atoms with Gasteiger partial charge in [0.2, 0.25) is 0 Å². The average Bonchev–Trinajstić information content (AvgIpc) is 2.47. The van der Waals surface area contributed by atoms with Crippen LogP contribution in [-0.4, -0.2) is 9.97 Å². The van der Waals surface area contributed by atoms with Gasteiger partial charge < -0.3 is 5.32 Å². The first-order valence-electron chi connectivity index (χ1n) is 6.69. The van der Waals surface area contributed by atoms with Crippen molar-refractivity contribution in [3.63, 3.8) is 0 Å². The molecule has 0 spiro atoms. The van der Waals surface area contributed by atoms with Gasteiger partial charge in [0.25, 0.3) is 0 Å². The number of nitrogens with one attached hydrogen (secondary N) is 1. The van der Waals surface area contributed by atoms with Gasteiger partial charge in [-0.25, -0.2) is 14.4 Å². The van der Waals surface area contributed by atoms with Crippen LogP contribution in [0.3, 0.4) is 0 Å². The van der Waals surface area contributed by atoms with Gasteiger partial charge in [0.05, 0.1) is 11.7 Å². The first kappa shape index (κ1) is 16.2.